The molecule has 0 N–H and O–H groups in total. The van der Waals surface area contributed by atoms with Crippen molar-refractivity contribution in [2.24, 2.45) is 0 Å². The Morgan fingerprint density at radius 2 is 0.930 bits per heavy atom. The van der Waals surface area contributed by atoms with Gasteiger partial charge >= 0.3 is 0 Å². The lowest BCUT2D eigenvalue weighted by molar-refractivity contribution is 0.955. The zero-order chi connectivity index (χ0) is 38.9. The summed E-state index contributed by atoms with van der Waals surface area (Å²) in [6, 6.07) is 48.1. The molecule has 0 saturated carbocycles. The molecule has 0 unspecified atom stereocenters. The van der Waals surface area contributed by atoms with E-state index < -0.39 is 0 Å². The Morgan fingerprint density at radius 3 is 1.54 bits per heavy atom. The summed E-state index contributed by atoms with van der Waals surface area (Å²) < 4.78 is 4.51. The van der Waals surface area contributed by atoms with E-state index in [1.807, 2.05) is 42.5 Å². The molecule has 256 valence electrons. The van der Waals surface area contributed by atoms with Crippen LogP contribution in [-0.4, -0.2) is 69.6 Å². The van der Waals surface area contributed by atoms with Crippen LogP contribution in [0.1, 0.15) is 0 Å². The summed E-state index contributed by atoms with van der Waals surface area (Å²) in [7, 11) is 32.3. The first kappa shape index (κ1) is 35.3. The van der Waals surface area contributed by atoms with E-state index in [1.165, 1.54) is 4.90 Å². The van der Waals surface area contributed by atoms with E-state index >= 15 is 0 Å². The fourth-order valence-electron chi connectivity index (χ4n) is 8.11. The second-order valence-electron chi connectivity index (χ2n) is 13.9. The molecule has 0 atom stereocenters. The Bertz CT molecular complexity index is 3210. The molecule has 57 heavy (non-hydrogen) atoms. The van der Waals surface area contributed by atoms with E-state index in [1.54, 1.807) is 11.8 Å². The SMILES string of the molecule is [B]c1c([B])c([B])c(-c2nc(-c3ccccc3)nc(-n3c4ccccc4c4ccc5c6ccccc6n(-c6cccc(SC)c6-c6ccccc6)c5c43)n2)c([B])c1[B]. The predicted molar refractivity (Wildman–Crippen MR) is 244 cm³/mol. The molecule has 0 aliphatic rings. The Labute approximate surface area is 340 Å². The fraction of sp³-hybridized carbons (Fsp3) is 0.0217. The Hall–Kier alpha value is -6.18. The first-order valence-corrected chi connectivity index (χ1v) is 19.6. The normalized spacial score (nSPS) is 11.7. The van der Waals surface area contributed by atoms with Gasteiger partial charge < -0.3 is 4.57 Å². The molecule has 3 heterocycles. The number of nitrogens with zero attached hydrogens (tertiary/aromatic N) is 5. The van der Waals surface area contributed by atoms with Gasteiger partial charge in [-0.2, -0.15) is 9.97 Å². The van der Waals surface area contributed by atoms with Gasteiger partial charge in [-0.15, -0.1) is 28.2 Å². The van der Waals surface area contributed by atoms with E-state index in [2.05, 4.69) is 112 Å². The molecule has 0 spiro atoms. The van der Waals surface area contributed by atoms with E-state index in [4.69, 9.17) is 54.2 Å². The number of para-hydroxylation sites is 2. The molecular weight excluding hydrogens is 709 g/mol. The maximum atomic E-state index is 6.66. The van der Waals surface area contributed by atoms with Gasteiger partial charge in [0.25, 0.3) is 0 Å². The zero-order valence-corrected chi connectivity index (χ0v) is 31.6. The van der Waals surface area contributed by atoms with Gasteiger partial charge in [-0.3, -0.25) is 4.57 Å². The van der Waals surface area contributed by atoms with E-state index in [9.17, 15) is 0 Å². The van der Waals surface area contributed by atoms with Crippen LogP contribution in [0.2, 0.25) is 0 Å². The van der Waals surface area contributed by atoms with Crippen LogP contribution in [0.4, 0.5) is 0 Å². The van der Waals surface area contributed by atoms with Gasteiger partial charge in [-0.05, 0) is 36.1 Å². The number of fused-ring (bicyclic) bond motifs is 7. The molecule has 3 aromatic heterocycles. The number of rotatable bonds is 6. The zero-order valence-electron chi connectivity index (χ0n) is 30.8. The number of hydrogen-bond donors (Lipinski definition) is 0. The average molecular weight is 735 g/mol. The van der Waals surface area contributed by atoms with Crippen LogP contribution in [0.25, 0.3) is 89.2 Å². The third-order valence-electron chi connectivity index (χ3n) is 10.8. The standard InChI is InChI=1S/C46H26B5N5S/c1-57-34-22-12-21-33(35(34)25-13-4-2-5-14-25)55-31-19-10-8-17-27(31)29-23-24-30-28-18-9-11-20-32(28)56(43(30)42(29)55)46-53-44(26-15-6-3-7-16-26)52-45(54-46)36-37(47)39(49)41(51)40(50)38(36)48/h2-24H,1H3. The van der Waals surface area contributed by atoms with Crippen LogP contribution in [0.3, 0.4) is 0 Å². The van der Waals surface area contributed by atoms with Gasteiger partial charge in [0.15, 0.2) is 11.6 Å². The van der Waals surface area contributed by atoms with Crippen molar-refractivity contribution in [2.75, 3.05) is 6.26 Å². The van der Waals surface area contributed by atoms with Crippen molar-refractivity contribution >= 4 is 122 Å². The highest BCUT2D eigenvalue weighted by Gasteiger charge is 2.25. The fourth-order valence-corrected chi connectivity index (χ4v) is 8.75. The molecule has 0 amide bonds. The van der Waals surface area contributed by atoms with Gasteiger partial charge in [0.1, 0.15) is 39.2 Å². The summed E-state index contributed by atoms with van der Waals surface area (Å²) in [5.74, 6) is 0.995. The third-order valence-corrected chi connectivity index (χ3v) is 11.6. The van der Waals surface area contributed by atoms with Crippen LogP contribution >= 0.6 is 11.8 Å². The van der Waals surface area contributed by atoms with E-state index in [0.29, 0.717) is 17.3 Å². The lowest BCUT2D eigenvalue weighted by atomic mass is 9.60. The second kappa shape index (κ2) is 13.8. The molecule has 0 fully saturated rings. The van der Waals surface area contributed by atoms with Crippen molar-refractivity contribution in [1.82, 2.24) is 24.1 Å². The first-order valence-electron chi connectivity index (χ1n) is 18.4. The molecule has 11 heteroatoms. The molecule has 5 nitrogen and oxygen atoms in total. The molecule has 0 aliphatic heterocycles. The Kier molecular flexibility index (Phi) is 8.53. The first-order chi connectivity index (χ1) is 27.9. The summed E-state index contributed by atoms with van der Waals surface area (Å²) in [5.41, 5.74) is 8.93. The van der Waals surface area contributed by atoms with Crippen LogP contribution in [-0.2, 0) is 0 Å². The quantitative estimate of drug-likeness (QED) is 0.161. The van der Waals surface area contributed by atoms with E-state index in [0.717, 1.165) is 66.0 Å². The molecule has 0 aliphatic carbocycles. The summed E-state index contributed by atoms with van der Waals surface area (Å²) in [4.78, 5) is 16.5. The summed E-state index contributed by atoms with van der Waals surface area (Å²) in [5, 5.41) is 4.28. The van der Waals surface area contributed by atoms with Crippen molar-refractivity contribution in [3.8, 4) is 45.5 Å². The second-order valence-corrected chi connectivity index (χ2v) is 14.7. The topological polar surface area (TPSA) is 48.5 Å². The number of benzene rings is 7. The van der Waals surface area contributed by atoms with Crippen molar-refractivity contribution < 1.29 is 0 Å². The summed E-state index contributed by atoms with van der Waals surface area (Å²) in [6.45, 7) is 0. The highest BCUT2D eigenvalue weighted by Crippen LogP contribution is 2.44. The molecule has 0 bridgehead atoms. The number of thioether (sulfide) groups is 1. The highest BCUT2D eigenvalue weighted by molar-refractivity contribution is 7.98. The van der Waals surface area contributed by atoms with Gasteiger partial charge in [0, 0.05) is 43.1 Å². The molecule has 10 rings (SSSR count). The predicted octanol–water partition coefficient (Wildman–Crippen LogP) is 5.76. The third kappa shape index (κ3) is 5.43. The molecule has 0 saturated heterocycles. The number of aromatic nitrogens is 5. The molecule has 10 aromatic rings. The Balaban J connectivity index is 1.40. The lowest BCUT2D eigenvalue weighted by Crippen LogP contribution is -2.55. The monoisotopic (exact) mass is 735 g/mol. The van der Waals surface area contributed by atoms with Gasteiger partial charge in [-0.1, -0.05) is 126 Å². The molecule has 7 aromatic carbocycles. The van der Waals surface area contributed by atoms with Gasteiger partial charge in [-0.25, -0.2) is 4.98 Å². The largest absolute Gasteiger partial charge is 0.307 e. The maximum Gasteiger partial charge on any atom is 0.238 e. The summed E-state index contributed by atoms with van der Waals surface area (Å²) >= 11 is 1.73. The van der Waals surface area contributed by atoms with E-state index in [-0.39, 0.29) is 33.1 Å². The summed E-state index contributed by atoms with van der Waals surface area (Å²) in [6.07, 6.45) is 2.12. The van der Waals surface area contributed by atoms with Crippen molar-refractivity contribution in [3.63, 3.8) is 0 Å². The van der Waals surface area contributed by atoms with Gasteiger partial charge in [0.2, 0.25) is 5.95 Å². The lowest BCUT2D eigenvalue weighted by Gasteiger charge is -2.21. The van der Waals surface area contributed by atoms with Crippen LogP contribution in [0.5, 0.6) is 0 Å². The van der Waals surface area contributed by atoms with Crippen LogP contribution in [0, 0.1) is 0 Å². The minimum atomic E-state index is 0.115. The van der Waals surface area contributed by atoms with Crippen molar-refractivity contribution in [3.05, 3.63) is 140 Å². The number of hydrogen-bond acceptors (Lipinski definition) is 4. The van der Waals surface area contributed by atoms with Crippen molar-refractivity contribution in [2.45, 2.75) is 4.90 Å². The van der Waals surface area contributed by atoms with Gasteiger partial charge in [0.05, 0.1) is 27.8 Å². The average Bonchev–Trinajstić information content (AvgIpc) is 3.78. The molecule has 10 radical (unpaired) electrons. The minimum absolute atomic E-state index is 0.115. The maximum absolute atomic E-state index is 6.66. The van der Waals surface area contributed by atoms with Crippen LogP contribution in [0.15, 0.2) is 144 Å². The highest BCUT2D eigenvalue weighted by atomic mass is 32.2. The minimum Gasteiger partial charge on any atom is -0.307 e. The smallest absolute Gasteiger partial charge is 0.238 e. The van der Waals surface area contributed by atoms with Crippen molar-refractivity contribution in [1.29, 1.82) is 0 Å². The molecular formula is C46H26B5N5S. The van der Waals surface area contributed by atoms with Crippen LogP contribution < -0.4 is 27.3 Å². The Morgan fingerprint density at radius 1 is 0.421 bits per heavy atom.